The van der Waals surface area contributed by atoms with Gasteiger partial charge in [-0.15, -0.1) is 0 Å². The average molecular weight is 455 g/mol. The maximum absolute atomic E-state index is 13.1. The fraction of sp³-hybridized carbons (Fsp3) is 0.227. The van der Waals surface area contributed by atoms with Crippen molar-refractivity contribution < 1.29 is 22.9 Å². The van der Waals surface area contributed by atoms with Gasteiger partial charge in [-0.05, 0) is 29.0 Å². The SMILES string of the molecule is O=C(COc1ccccc1[N+](=O)[O-])N1CCN(S(=O)(=O)c2ccc3ccccc3c2)CC1. The molecule has 0 aliphatic carbocycles. The quantitative estimate of drug-likeness (QED) is 0.417. The van der Waals surface area contributed by atoms with Crippen molar-refractivity contribution in [2.75, 3.05) is 32.8 Å². The highest BCUT2D eigenvalue weighted by molar-refractivity contribution is 7.89. The number of amides is 1. The Labute approximate surface area is 185 Å². The molecule has 0 bridgehead atoms. The minimum atomic E-state index is -3.68. The van der Waals surface area contributed by atoms with Crippen LogP contribution >= 0.6 is 0 Å². The molecule has 1 fully saturated rings. The number of piperazine rings is 1. The van der Waals surface area contributed by atoms with Gasteiger partial charge in [0.1, 0.15) is 0 Å². The minimum Gasteiger partial charge on any atom is -0.477 e. The number of para-hydroxylation sites is 2. The number of nitrogens with zero attached hydrogens (tertiary/aromatic N) is 3. The van der Waals surface area contributed by atoms with E-state index in [1.165, 1.54) is 27.4 Å². The van der Waals surface area contributed by atoms with E-state index in [1.807, 2.05) is 24.3 Å². The van der Waals surface area contributed by atoms with Crippen LogP contribution in [0, 0.1) is 10.1 Å². The summed E-state index contributed by atoms with van der Waals surface area (Å²) in [6.07, 6.45) is 0. The Morgan fingerprint density at radius 2 is 1.59 bits per heavy atom. The van der Waals surface area contributed by atoms with Gasteiger partial charge in [-0.1, -0.05) is 42.5 Å². The molecule has 0 unspecified atom stereocenters. The number of sulfonamides is 1. The molecular weight excluding hydrogens is 434 g/mol. The molecule has 3 aromatic rings. The summed E-state index contributed by atoms with van der Waals surface area (Å²) in [7, 11) is -3.68. The summed E-state index contributed by atoms with van der Waals surface area (Å²) in [6.45, 7) is 0.388. The summed E-state index contributed by atoms with van der Waals surface area (Å²) in [5, 5.41) is 12.9. The maximum Gasteiger partial charge on any atom is 0.310 e. The third-order valence-corrected chi connectivity index (χ3v) is 7.26. The molecule has 0 radical (unpaired) electrons. The molecule has 4 rings (SSSR count). The van der Waals surface area contributed by atoms with Crippen LogP contribution in [0.4, 0.5) is 5.69 Å². The van der Waals surface area contributed by atoms with E-state index in [-0.39, 0.29) is 55.0 Å². The lowest BCUT2D eigenvalue weighted by atomic mass is 10.1. The Balaban J connectivity index is 1.38. The summed E-state index contributed by atoms with van der Waals surface area (Å²) in [5.74, 6) is -0.339. The Morgan fingerprint density at radius 1 is 0.938 bits per heavy atom. The van der Waals surface area contributed by atoms with E-state index in [0.717, 1.165) is 10.8 Å². The molecule has 0 spiro atoms. The van der Waals surface area contributed by atoms with Crippen LogP contribution in [0.1, 0.15) is 0 Å². The molecule has 1 aliphatic heterocycles. The van der Waals surface area contributed by atoms with Gasteiger partial charge in [-0.2, -0.15) is 4.31 Å². The van der Waals surface area contributed by atoms with Gasteiger partial charge in [-0.25, -0.2) is 8.42 Å². The number of benzene rings is 3. The highest BCUT2D eigenvalue weighted by Crippen LogP contribution is 2.26. The van der Waals surface area contributed by atoms with Crippen LogP contribution in [-0.2, 0) is 14.8 Å². The first-order valence-corrected chi connectivity index (χ1v) is 11.4. The van der Waals surface area contributed by atoms with Crippen molar-refractivity contribution >= 4 is 32.4 Å². The van der Waals surface area contributed by atoms with Crippen LogP contribution in [0.5, 0.6) is 5.75 Å². The van der Waals surface area contributed by atoms with Gasteiger partial charge >= 0.3 is 5.69 Å². The molecule has 0 aromatic heterocycles. The lowest BCUT2D eigenvalue weighted by molar-refractivity contribution is -0.385. The smallest absolute Gasteiger partial charge is 0.310 e. The van der Waals surface area contributed by atoms with Crippen LogP contribution in [0.25, 0.3) is 10.8 Å². The molecule has 1 aliphatic rings. The van der Waals surface area contributed by atoms with E-state index in [0.29, 0.717) is 0 Å². The van der Waals surface area contributed by atoms with E-state index in [1.54, 1.807) is 24.3 Å². The zero-order chi connectivity index (χ0) is 22.7. The average Bonchev–Trinajstić information content (AvgIpc) is 2.82. The highest BCUT2D eigenvalue weighted by Gasteiger charge is 2.30. The number of hydrogen-bond donors (Lipinski definition) is 0. The second-order valence-corrected chi connectivity index (χ2v) is 9.25. The molecule has 9 nitrogen and oxygen atoms in total. The zero-order valence-corrected chi connectivity index (χ0v) is 17.9. The molecule has 32 heavy (non-hydrogen) atoms. The molecular formula is C22H21N3O6S. The van der Waals surface area contributed by atoms with E-state index >= 15 is 0 Å². The van der Waals surface area contributed by atoms with Crippen LogP contribution in [0.15, 0.2) is 71.6 Å². The molecule has 10 heteroatoms. The van der Waals surface area contributed by atoms with E-state index in [4.69, 9.17) is 4.74 Å². The monoisotopic (exact) mass is 455 g/mol. The molecule has 3 aromatic carbocycles. The number of ether oxygens (including phenoxy) is 1. The standard InChI is InChI=1S/C22H21N3O6S/c26-22(16-31-21-8-4-3-7-20(21)25(27)28)23-11-13-24(14-12-23)32(29,30)19-10-9-17-5-1-2-6-18(17)15-19/h1-10,15H,11-14,16H2. The molecule has 1 amide bonds. The second kappa shape index (κ2) is 8.93. The van der Waals surface area contributed by atoms with Crippen molar-refractivity contribution in [3.8, 4) is 5.75 Å². The predicted molar refractivity (Wildman–Crippen MR) is 118 cm³/mol. The van der Waals surface area contributed by atoms with Gasteiger partial charge in [0.15, 0.2) is 12.4 Å². The number of rotatable bonds is 6. The van der Waals surface area contributed by atoms with Crippen molar-refractivity contribution in [1.29, 1.82) is 0 Å². The van der Waals surface area contributed by atoms with Crippen LogP contribution < -0.4 is 4.74 Å². The highest BCUT2D eigenvalue weighted by atomic mass is 32.2. The van der Waals surface area contributed by atoms with Gasteiger partial charge in [0, 0.05) is 32.2 Å². The number of fused-ring (bicyclic) bond motifs is 1. The molecule has 1 saturated heterocycles. The predicted octanol–water partition coefficient (Wildman–Crippen LogP) is 2.66. The summed E-state index contributed by atoms with van der Waals surface area (Å²) in [5.41, 5.74) is -0.216. The number of carbonyl (C=O) groups excluding carboxylic acids is 1. The van der Waals surface area contributed by atoms with Crippen molar-refractivity contribution in [2.45, 2.75) is 4.90 Å². The van der Waals surface area contributed by atoms with Gasteiger partial charge < -0.3 is 9.64 Å². The van der Waals surface area contributed by atoms with Crippen molar-refractivity contribution in [2.24, 2.45) is 0 Å². The Morgan fingerprint density at radius 3 is 2.31 bits per heavy atom. The van der Waals surface area contributed by atoms with E-state index in [2.05, 4.69) is 0 Å². The third kappa shape index (κ3) is 4.41. The Bertz CT molecular complexity index is 1270. The molecule has 0 atom stereocenters. The molecule has 0 saturated carbocycles. The van der Waals surface area contributed by atoms with Crippen LogP contribution in [0.3, 0.4) is 0 Å². The first-order chi connectivity index (χ1) is 15.4. The van der Waals surface area contributed by atoms with Crippen molar-refractivity contribution in [3.63, 3.8) is 0 Å². The summed E-state index contributed by atoms with van der Waals surface area (Å²) < 4.78 is 32.8. The fourth-order valence-corrected chi connectivity index (χ4v) is 5.07. The third-order valence-electron chi connectivity index (χ3n) is 5.36. The largest absolute Gasteiger partial charge is 0.477 e. The van der Waals surface area contributed by atoms with Gasteiger partial charge in [0.05, 0.1) is 9.82 Å². The number of nitro benzene ring substituents is 1. The number of nitro groups is 1. The fourth-order valence-electron chi connectivity index (χ4n) is 3.62. The second-order valence-electron chi connectivity index (χ2n) is 7.31. The van der Waals surface area contributed by atoms with E-state index in [9.17, 15) is 23.3 Å². The lowest BCUT2D eigenvalue weighted by Gasteiger charge is -2.34. The minimum absolute atomic E-state index is 0.0170. The van der Waals surface area contributed by atoms with Crippen LogP contribution in [0.2, 0.25) is 0 Å². The summed E-state index contributed by atoms with van der Waals surface area (Å²) >= 11 is 0. The normalized spacial score (nSPS) is 14.9. The summed E-state index contributed by atoms with van der Waals surface area (Å²) in [6, 6.07) is 18.4. The topological polar surface area (TPSA) is 110 Å². The van der Waals surface area contributed by atoms with Crippen molar-refractivity contribution in [3.05, 3.63) is 76.8 Å². The number of carbonyl (C=O) groups is 1. The Kier molecular flexibility index (Phi) is 6.06. The van der Waals surface area contributed by atoms with Gasteiger partial charge in [0.25, 0.3) is 5.91 Å². The molecule has 166 valence electrons. The van der Waals surface area contributed by atoms with Gasteiger partial charge in [0.2, 0.25) is 10.0 Å². The van der Waals surface area contributed by atoms with Gasteiger partial charge in [-0.3, -0.25) is 14.9 Å². The first-order valence-electron chi connectivity index (χ1n) is 9.99. The summed E-state index contributed by atoms with van der Waals surface area (Å²) in [4.78, 5) is 24.7. The number of hydrogen-bond acceptors (Lipinski definition) is 6. The maximum atomic E-state index is 13.1. The van der Waals surface area contributed by atoms with Crippen molar-refractivity contribution in [1.82, 2.24) is 9.21 Å². The lowest BCUT2D eigenvalue weighted by Crippen LogP contribution is -2.51. The Hall–Kier alpha value is -3.50. The first kappa shape index (κ1) is 21.7. The molecule has 1 heterocycles. The van der Waals surface area contributed by atoms with E-state index < -0.39 is 14.9 Å². The molecule has 0 N–H and O–H groups in total. The van der Waals surface area contributed by atoms with Crippen LogP contribution in [-0.4, -0.2) is 61.2 Å². The zero-order valence-electron chi connectivity index (χ0n) is 17.1.